The Morgan fingerprint density at radius 1 is 1.12 bits per heavy atom. The van der Waals surface area contributed by atoms with E-state index in [9.17, 15) is 5.11 Å². The van der Waals surface area contributed by atoms with Crippen LogP contribution in [0.1, 0.15) is 35.9 Å². The van der Waals surface area contributed by atoms with E-state index in [-0.39, 0.29) is 0 Å². The molecule has 1 aromatic carbocycles. The van der Waals surface area contributed by atoms with E-state index in [4.69, 9.17) is 4.98 Å². The minimum atomic E-state index is 0.371. The molecule has 0 saturated carbocycles. The lowest BCUT2D eigenvalue weighted by Crippen LogP contribution is -2.46. The maximum Gasteiger partial charge on any atom is 0.135 e. The minimum absolute atomic E-state index is 0.371. The van der Waals surface area contributed by atoms with Crippen LogP contribution < -0.4 is 4.90 Å². The number of hydrogen-bond donors (Lipinski definition) is 1. The van der Waals surface area contributed by atoms with Gasteiger partial charge in [-0.25, -0.2) is 9.97 Å². The summed E-state index contributed by atoms with van der Waals surface area (Å²) < 4.78 is 0. The molecule has 5 nitrogen and oxygen atoms in total. The SMILES string of the molecule is CCCc1cnc(C)nc1N1CCN(Cc2ccc(O)c(C)c2)CC1. The standard InChI is InChI=1S/C20H28N4O/c1-4-5-18-13-21-16(3)22-20(18)24-10-8-23(9-11-24)14-17-6-7-19(25)15(2)12-17/h6-7,12-13,25H,4-5,8-11,14H2,1-3H3. The number of aromatic hydroxyl groups is 1. The van der Waals surface area contributed by atoms with E-state index in [1.807, 2.05) is 26.1 Å². The molecule has 0 spiro atoms. The van der Waals surface area contributed by atoms with Gasteiger partial charge in [-0.3, -0.25) is 4.90 Å². The van der Waals surface area contributed by atoms with Gasteiger partial charge in [0.05, 0.1) is 0 Å². The van der Waals surface area contributed by atoms with Crippen LogP contribution in [0.25, 0.3) is 0 Å². The average Bonchev–Trinajstić information content (AvgIpc) is 2.61. The van der Waals surface area contributed by atoms with Gasteiger partial charge in [-0.2, -0.15) is 0 Å². The summed E-state index contributed by atoms with van der Waals surface area (Å²) in [5.41, 5.74) is 3.46. The number of piperazine rings is 1. The van der Waals surface area contributed by atoms with Crippen molar-refractivity contribution in [2.45, 2.75) is 40.2 Å². The highest BCUT2D eigenvalue weighted by atomic mass is 16.3. The molecule has 1 aliphatic rings. The number of nitrogens with zero attached hydrogens (tertiary/aromatic N) is 4. The Hall–Kier alpha value is -2.14. The van der Waals surface area contributed by atoms with Gasteiger partial charge in [-0.1, -0.05) is 25.5 Å². The molecule has 1 aromatic heterocycles. The van der Waals surface area contributed by atoms with E-state index < -0.39 is 0 Å². The lowest BCUT2D eigenvalue weighted by molar-refractivity contribution is 0.249. The lowest BCUT2D eigenvalue weighted by atomic mass is 10.1. The molecule has 5 heteroatoms. The minimum Gasteiger partial charge on any atom is -0.508 e. The molecular formula is C20H28N4O. The zero-order valence-corrected chi connectivity index (χ0v) is 15.5. The molecule has 2 aromatic rings. The van der Waals surface area contributed by atoms with Crippen molar-refractivity contribution in [3.63, 3.8) is 0 Å². The molecule has 1 aliphatic heterocycles. The molecule has 1 fully saturated rings. The Morgan fingerprint density at radius 2 is 1.88 bits per heavy atom. The predicted molar refractivity (Wildman–Crippen MR) is 101 cm³/mol. The normalized spacial score (nSPS) is 15.6. The number of phenolic OH excluding ortho intramolecular Hbond substituents is 1. The van der Waals surface area contributed by atoms with Gasteiger partial charge < -0.3 is 10.0 Å². The second-order valence-electron chi connectivity index (χ2n) is 6.90. The smallest absolute Gasteiger partial charge is 0.135 e. The van der Waals surface area contributed by atoms with Crippen LogP contribution in [-0.2, 0) is 13.0 Å². The number of aryl methyl sites for hydroxylation is 3. The Bertz CT molecular complexity index is 724. The zero-order chi connectivity index (χ0) is 17.8. The maximum atomic E-state index is 9.67. The summed E-state index contributed by atoms with van der Waals surface area (Å²) in [7, 11) is 0. The molecule has 0 atom stereocenters. The Labute approximate surface area is 150 Å². The topological polar surface area (TPSA) is 52.5 Å². The Balaban J connectivity index is 1.64. The van der Waals surface area contributed by atoms with Crippen LogP contribution in [0, 0.1) is 13.8 Å². The van der Waals surface area contributed by atoms with Crippen molar-refractivity contribution < 1.29 is 5.11 Å². The van der Waals surface area contributed by atoms with Gasteiger partial charge in [0, 0.05) is 44.5 Å². The van der Waals surface area contributed by atoms with Crippen LogP contribution in [0.5, 0.6) is 5.75 Å². The predicted octanol–water partition coefficient (Wildman–Crippen LogP) is 3.07. The van der Waals surface area contributed by atoms with E-state index >= 15 is 0 Å². The first kappa shape index (κ1) is 17.7. The first-order valence-electron chi connectivity index (χ1n) is 9.15. The number of hydrogen-bond acceptors (Lipinski definition) is 5. The Kier molecular flexibility index (Phi) is 5.53. The van der Waals surface area contributed by atoms with Crippen molar-refractivity contribution in [2.75, 3.05) is 31.1 Å². The second kappa shape index (κ2) is 7.83. The van der Waals surface area contributed by atoms with Gasteiger partial charge >= 0.3 is 0 Å². The quantitative estimate of drug-likeness (QED) is 0.906. The summed E-state index contributed by atoms with van der Waals surface area (Å²) in [5.74, 6) is 2.34. The second-order valence-corrected chi connectivity index (χ2v) is 6.90. The van der Waals surface area contributed by atoms with Gasteiger partial charge in [0.1, 0.15) is 17.4 Å². The fraction of sp³-hybridized carbons (Fsp3) is 0.500. The number of anilines is 1. The van der Waals surface area contributed by atoms with Crippen molar-refractivity contribution in [1.29, 1.82) is 0 Å². The van der Waals surface area contributed by atoms with E-state index in [0.717, 1.165) is 62.8 Å². The third-order valence-corrected chi connectivity index (χ3v) is 4.82. The van der Waals surface area contributed by atoms with Crippen molar-refractivity contribution in [1.82, 2.24) is 14.9 Å². The van der Waals surface area contributed by atoms with Crippen molar-refractivity contribution in [3.05, 3.63) is 46.9 Å². The summed E-state index contributed by atoms with van der Waals surface area (Å²) >= 11 is 0. The summed E-state index contributed by atoms with van der Waals surface area (Å²) in [4.78, 5) is 14.0. The fourth-order valence-corrected chi connectivity index (χ4v) is 3.39. The molecule has 1 saturated heterocycles. The molecule has 2 heterocycles. The van der Waals surface area contributed by atoms with E-state index in [1.165, 1.54) is 11.1 Å². The van der Waals surface area contributed by atoms with Crippen molar-refractivity contribution in [3.8, 4) is 5.75 Å². The van der Waals surface area contributed by atoms with Crippen LogP contribution in [0.15, 0.2) is 24.4 Å². The number of aromatic nitrogens is 2. The number of rotatable bonds is 5. The molecule has 0 unspecified atom stereocenters. The zero-order valence-electron chi connectivity index (χ0n) is 15.5. The Morgan fingerprint density at radius 3 is 2.56 bits per heavy atom. The largest absolute Gasteiger partial charge is 0.508 e. The van der Waals surface area contributed by atoms with Crippen LogP contribution in [0.2, 0.25) is 0 Å². The molecule has 25 heavy (non-hydrogen) atoms. The van der Waals surface area contributed by atoms with Gasteiger partial charge in [0.2, 0.25) is 0 Å². The molecule has 0 aliphatic carbocycles. The monoisotopic (exact) mass is 340 g/mol. The van der Waals surface area contributed by atoms with E-state index in [1.54, 1.807) is 6.07 Å². The van der Waals surface area contributed by atoms with Gasteiger partial charge in [0.25, 0.3) is 0 Å². The van der Waals surface area contributed by atoms with Crippen LogP contribution >= 0.6 is 0 Å². The number of benzene rings is 1. The third-order valence-electron chi connectivity index (χ3n) is 4.82. The third kappa shape index (κ3) is 4.28. The molecule has 1 N–H and O–H groups in total. The van der Waals surface area contributed by atoms with Gasteiger partial charge in [-0.05, 0) is 37.5 Å². The highest BCUT2D eigenvalue weighted by molar-refractivity contribution is 5.46. The number of phenols is 1. The average molecular weight is 340 g/mol. The molecule has 3 rings (SSSR count). The molecule has 0 radical (unpaired) electrons. The van der Waals surface area contributed by atoms with Crippen LogP contribution in [-0.4, -0.2) is 46.2 Å². The highest BCUT2D eigenvalue weighted by Crippen LogP contribution is 2.22. The fourth-order valence-electron chi connectivity index (χ4n) is 3.39. The van der Waals surface area contributed by atoms with Gasteiger partial charge in [-0.15, -0.1) is 0 Å². The summed E-state index contributed by atoms with van der Waals surface area (Å²) in [6.07, 6.45) is 4.13. The molecule has 0 amide bonds. The van der Waals surface area contributed by atoms with Gasteiger partial charge in [0.15, 0.2) is 0 Å². The molecular weight excluding hydrogens is 312 g/mol. The van der Waals surface area contributed by atoms with Crippen LogP contribution in [0.4, 0.5) is 5.82 Å². The summed E-state index contributed by atoms with van der Waals surface area (Å²) in [6.45, 7) is 11.1. The summed E-state index contributed by atoms with van der Waals surface area (Å²) in [5, 5.41) is 9.67. The van der Waals surface area contributed by atoms with Crippen LogP contribution in [0.3, 0.4) is 0 Å². The van der Waals surface area contributed by atoms with Crippen molar-refractivity contribution in [2.24, 2.45) is 0 Å². The molecule has 134 valence electrons. The summed E-state index contributed by atoms with van der Waals surface area (Å²) in [6, 6.07) is 5.89. The van der Waals surface area contributed by atoms with Crippen molar-refractivity contribution >= 4 is 5.82 Å². The van der Waals surface area contributed by atoms with E-state index in [2.05, 4.69) is 27.8 Å². The first-order chi connectivity index (χ1) is 12.1. The highest BCUT2D eigenvalue weighted by Gasteiger charge is 2.20. The first-order valence-corrected chi connectivity index (χ1v) is 9.15. The molecule has 0 bridgehead atoms. The lowest BCUT2D eigenvalue weighted by Gasteiger charge is -2.36. The van der Waals surface area contributed by atoms with E-state index in [0.29, 0.717) is 5.75 Å². The maximum absolute atomic E-state index is 9.67.